The van der Waals surface area contributed by atoms with Crippen LogP contribution in [0.4, 0.5) is 0 Å². The monoisotopic (exact) mass is 376 g/mol. The van der Waals surface area contributed by atoms with Crippen LogP contribution < -0.4 is 10.0 Å². The maximum Gasteiger partial charge on any atom is 0.241 e. The van der Waals surface area contributed by atoms with Gasteiger partial charge in [0.2, 0.25) is 10.0 Å². The summed E-state index contributed by atoms with van der Waals surface area (Å²) in [4.78, 5) is 0.263. The average molecular weight is 377 g/mol. The van der Waals surface area contributed by atoms with E-state index in [4.69, 9.17) is 4.74 Å². The molecule has 1 aliphatic heterocycles. The molecule has 118 valence electrons. The predicted molar refractivity (Wildman–Crippen MR) is 85.9 cm³/mol. The molecule has 1 atom stereocenters. The second-order valence-corrected chi connectivity index (χ2v) is 8.09. The zero-order chi connectivity index (χ0) is 15.5. The van der Waals surface area contributed by atoms with E-state index in [0.717, 1.165) is 24.9 Å². The van der Waals surface area contributed by atoms with E-state index in [1.807, 2.05) is 6.92 Å². The third kappa shape index (κ3) is 4.04. The number of hydrogen-bond donors (Lipinski definition) is 2. The first kappa shape index (κ1) is 16.9. The van der Waals surface area contributed by atoms with Crippen LogP contribution in [0.25, 0.3) is 0 Å². The summed E-state index contributed by atoms with van der Waals surface area (Å²) in [5, 5.41) is 3.36. The van der Waals surface area contributed by atoms with Crippen molar-refractivity contribution in [1.82, 2.24) is 10.0 Å². The highest BCUT2D eigenvalue weighted by Gasteiger charge is 2.35. The Labute approximate surface area is 134 Å². The van der Waals surface area contributed by atoms with Crippen molar-refractivity contribution in [2.24, 2.45) is 0 Å². The topological polar surface area (TPSA) is 67.4 Å². The quantitative estimate of drug-likeness (QED) is 0.794. The maximum absolute atomic E-state index is 12.5. The number of rotatable bonds is 6. The van der Waals surface area contributed by atoms with Gasteiger partial charge in [-0.3, -0.25) is 0 Å². The molecule has 1 saturated heterocycles. The second kappa shape index (κ2) is 6.75. The first-order valence-electron chi connectivity index (χ1n) is 6.88. The Morgan fingerprint density at radius 2 is 2.24 bits per heavy atom. The molecule has 0 saturated carbocycles. The Morgan fingerprint density at radius 1 is 1.48 bits per heavy atom. The molecule has 0 radical (unpaired) electrons. The van der Waals surface area contributed by atoms with E-state index in [2.05, 4.69) is 26.0 Å². The summed E-state index contributed by atoms with van der Waals surface area (Å²) in [5.41, 5.74) is 0.702. The van der Waals surface area contributed by atoms with Gasteiger partial charge in [-0.2, -0.15) is 0 Å². The first-order valence-corrected chi connectivity index (χ1v) is 9.16. The molecule has 1 heterocycles. The van der Waals surface area contributed by atoms with Crippen LogP contribution in [0.5, 0.6) is 0 Å². The molecule has 1 fully saturated rings. The minimum Gasteiger partial charge on any atom is -0.383 e. The van der Waals surface area contributed by atoms with Gasteiger partial charge in [0.05, 0.1) is 17.0 Å². The van der Waals surface area contributed by atoms with Gasteiger partial charge in [-0.25, -0.2) is 13.1 Å². The highest BCUT2D eigenvalue weighted by molar-refractivity contribution is 9.10. The van der Waals surface area contributed by atoms with Gasteiger partial charge >= 0.3 is 0 Å². The standard InChI is InChI=1S/C14H21BrN2O3S/c1-11-4-5-13(12(15)8-11)21(18,19)17-9-14(10-20-2)6-3-7-16-14/h4-5,8,16-17H,3,6-7,9-10H2,1-2H3. The third-order valence-corrected chi connectivity index (χ3v) is 6.11. The van der Waals surface area contributed by atoms with Crippen molar-refractivity contribution in [2.45, 2.75) is 30.2 Å². The molecule has 2 rings (SSSR count). The van der Waals surface area contributed by atoms with E-state index in [9.17, 15) is 8.42 Å². The Balaban J connectivity index is 2.14. The maximum atomic E-state index is 12.5. The van der Waals surface area contributed by atoms with Gasteiger partial charge in [0.1, 0.15) is 0 Å². The van der Waals surface area contributed by atoms with Crippen molar-refractivity contribution < 1.29 is 13.2 Å². The lowest BCUT2D eigenvalue weighted by molar-refractivity contribution is 0.122. The van der Waals surface area contributed by atoms with E-state index in [1.165, 1.54) is 0 Å². The van der Waals surface area contributed by atoms with Crippen LogP contribution in [0.3, 0.4) is 0 Å². The summed E-state index contributed by atoms with van der Waals surface area (Å²) in [6.45, 7) is 3.62. The molecule has 2 N–H and O–H groups in total. The molecule has 0 amide bonds. The molecule has 7 heteroatoms. The molecule has 21 heavy (non-hydrogen) atoms. The number of methoxy groups -OCH3 is 1. The molecule has 1 aliphatic rings. The Morgan fingerprint density at radius 3 is 2.81 bits per heavy atom. The second-order valence-electron chi connectivity index (χ2n) is 5.50. The summed E-state index contributed by atoms with van der Waals surface area (Å²) in [7, 11) is -1.91. The van der Waals surface area contributed by atoms with E-state index in [-0.39, 0.29) is 10.4 Å². The number of nitrogens with one attached hydrogen (secondary N) is 2. The summed E-state index contributed by atoms with van der Waals surface area (Å²) in [6.07, 6.45) is 1.93. The summed E-state index contributed by atoms with van der Waals surface area (Å²) in [6, 6.07) is 5.21. The molecule has 0 aromatic heterocycles. The van der Waals surface area contributed by atoms with Crippen LogP contribution in [0, 0.1) is 6.92 Å². The lowest BCUT2D eigenvalue weighted by Gasteiger charge is -2.29. The smallest absolute Gasteiger partial charge is 0.241 e. The average Bonchev–Trinajstić information content (AvgIpc) is 2.86. The SMILES string of the molecule is COCC1(CNS(=O)(=O)c2ccc(C)cc2Br)CCCN1. The largest absolute Gasteiger partial charge is 0.383 e. The number of sulfonamides is 1. The van der Waals surface area contributed by atoms with Crippen LogP contribution in [0.1, 0.15) is 18.4 Å². The molecule has 0 bridgehead atoms. The van der Waals surface area contributed by atoms with Crippen molar-refractivity contribution in [2.75, 3.05) is 26.8 Å². The summed E-state index contributed by atoms with van der Waals surface area (Å²) >= 11 is 3.32. The van der Waals surface area contributed by atoms with Crippen LogP contribution in [-0.4, -0.2) is 40.8 Å². The molecule has 0 spiro atoms. The minimum atomic E-state index is -3.54. The third-order valence-electron chi connectivity index (χ3n) is 3.73. The van der Waals surface area contributed by atoms with Crippen LogP contribution in [0.2, 0.25) is 0 Å². The number of ether oxygens (including phenoxy) is 1. The van der Waals surface area contributed by atoms with Crippen molar-refractivity contribution in [1.29, 1.82) is 0 Å². The number of hydrogen-bond acceptors (Lipinski definition) is 4. The van der Waals surface area contributed by atoms with E-state index < -0.39 is 10.0 Å². The molecule has 1 aromatic carbocycles. The Hall–Kier alpha value is -0.470. The van der Waals surface area contributed by atoms with Crippen molar-refractivity contribution in [3.8, 4) is 0 Å². The fourth-order valence-corrected chi connectivity index (χ4v) is 4.92. The minimum absolute atomic E-state index is 0.263. The number of halogens is 1. The van der Waals surface area contributed by atoms with Crippen LogP contribution >= 0.6 is 15.9 Å². The van der Waals surface area contributed by atoms with Gasteiger partial charge < -0.3 is 10.1 Å². The van der Waals surface area contributed by atoms with Crippen molar-refractivity contribution in [3.05, 3.63) is 28.2 Å². The van der Waals surface area contributed by atoms with E-state index in [0.29, 0.717) is 17.6 Å². The lowest BCUT2D eigenvalue weighted by Crippen LogP contribution is -2.52. The van der Waals surface area contributed by atoms with E-state index >= 15 is 0 Å². The van der Waals surface area contributed by atoms with Crippen molar-refractivity contribution in [3.63, 3.8) is 0 Å². The molecule has 0 aliphatic carbocycles. The molecule has 1 unspecified atom stereocenters. The zero-order valence-electron chi connectivity index (χ0n) is 12.3. The van der Waals surface area contributed by atoms with Gasteiger partial charge in [0, 0.05) is 18.1 Å². The predicted octanol–water partition coefficient (Wildman–Crippen LogP) is 1.80. The van der Waals surface area contributed by atoms with Crippen LogP contribution in [-0.2, 0) is 14.8 Å². The van der Waals surface area contributed by atoms with Gasteiger partial charge in [0.15, 0.2) is 0 Å². The van der Waals surface area contributed by atoms with Gasteiger partial charge in [-0.1, -0.05) is 6.07 Å². The number of aryl methyl sites for hydroxylation is 1. The first-order chi connectivity index (χ1) is 9.88. The number of benzene rings is 1. The van der Waals surface area contributed by atoms with Crippen molar-refractivity contribution >= 4 is 26.0 Å². The molecular formula is C14H21BrN2O3S. The zero-order valence-corrected chi connectivity index (χ0v) is 14.7. The normalized spacial score (nSPS) is 22.6. The molecular weight excluding hydrogens is 356 g/mol. The molecule has 1 aromatic rings. The van der Waals surface area contributed by atoms with E-state index in [1.54, 1.807) is 25.3 Å². The van der Waals surface area contributed by atoms with Gasteiger partial charge in [0.25, 0.3) is 0 Å². The summed E-state index contributed by atoms with van der Waals surface area (Å²) in [5.74, 6) is 0. The van der Waals surface area contributed by atoms with Gasteiger partial charge in [-0.05, 0) is 59.9 Å². The fraction of sp³-hybridized carbons (Fsp3) is 0.571. The fourth-order valence-electron chi connectivity index (χ4n) is 2.60. The lowest BCUT2D eigenvalue weighted by atomic mass is 9.99. The Bertz CT molecular complexity index is 598. The Kier molecular flexibility index (Phi) is 5.43. The summed E-state index contributed by atoms with van der Waals surface area (Å²) < 4.78 is 33.4. The highest BCUT2D eigenvalue weighted by Crippen LogP contribution is 2.24. The molecule has 5 nitrogen and oxygen atoms in total. The van der Waals surface area contributed by atoms with Gasteiger partial charge in [-0.15, -0.1) is 0 Å². The van der Waals surface area contributed by atoms with Crippen LogP contribution in [0.15, 0.2) is 27.6 Å². The highest BCUT2D eigenvalue weighted by atomic mass is 79.9.